The van der Waals surface area contributed by atoms with E-state index in [1.165, 1.54) is 30.7 Å². The molecule has 2 rings (SSSR count). The summed E-state index contributed by atoms with van der Waals surface area (Å²) in [6, 6.07) is 0. The van der Waals surface area contributed by atoms with Crippen molar-refractivity contribution in [3.05, 3.63) is 16.6 Å². The van der Waals surface area contributed by atoms with E-state index in [1.54, 1.807) is 18.4 Å². The molecule has 1 fully saturated rings. The Hall–Kier alpha value is -0.450. The summed E-state index contributed by atoms with van der Waals surface area (Å²) in [5, 5.41) is 7.02. The fraction of sp³-hybridized carbons (Fsp3) is 0.786. The summed E-state index contributed by atoms with van der Waals surface area (Å²) in [5.74, 6) is 0. The first-order valence-electron chi connectivity index (χ1n) is 6.72. The van der Waals surface area contributed by atoms with E-state index >= 15 is 0 Å². The van der Waals surface area contributed by atoms with Crippen molar-refractivity contribution in [2.24, 2.45) is 5.41 Å². The van der Waals surface area contributed by atoms with Crippen LogP contribution in [0.15, 0.2) is 11.6 Å². The second-order valence-corrected chi connectivity index (χ2v) is 6.90. The Morgan fingerprint density at radius 2 is 2.06 bits per heavy atom. The van der Waals surface area contributed by atoms with Gasteiger partial charge in [0.15, 0.2) is 0 Å². The Bertz CT molecular complexity index is 352. The van der Waals surface area contributed by atoms with Crippen LogP contribution in [0.1, 0.15) is 44.5 Å². The zero-order valence-corrected chi connectivity index (χ0v) is 12.5. The molecule has 1 heterocycles. The second-order valence-electron chi connectivity index (χ2n) is 6.00. The van der Waals surface area contributed by atoms with E-state index in [2.05, 4.69) is 29.5 Å². The Balaban J connectivity index is 2.09. The molecule has 1 aromatic heterocycles. The average Bonchev–Trinajstić information content (AvgIpc) is 2.86. The molecule has 3 nitrogen and oxygen atoms in total. The molecular weight excluding hydrogens is 244 g/mol. The quantitative estimate of drug-likeness (QED) is 0.833. The number of aromatic nitrogens is 1. The van der Waals surface area contributed by atoms with Crippen molar-refractivity contribution in [2.75, 3.05) is 20.3 Å². The number of nitrogens with zero attached hydrogens (tertiary/aromatic N) is 1. The van der Waals surface area contributed by atoms with Gasteiger partial charge in [0.05, 0.1) is 12.1 Å². The molecule has 1 N–H and O–H groups in total. The van der Waals surface area contributed by atoms with Crippen LogP contribution < -0.4 is 5.32 Å². The minimum atomic E-state index is 0.0855. The standard InChI is InChI=1S/C14H24N2OS/c1-13(2)4-6-14(7-5-13,16-8-10-17-3)12-15-9-11-18-12/h9,11,16H,4-8,10H2,1-3H3. The van der Waals surface area contributed by atoms with Gasteiger partial charge in [0, 0.05) is 25.2 Å². The summed E-state index contributed by atoms with van der Waals surface area (Å²) in [5.41, 5.74) is 0.561. The summed E-state index contributed by atoms with van der Waals surface area (Å²) >= 11 is 1.77. The van der Waals surface area contributed by atoms with E-state index in [1.807, 2.05) is 6.20 Å². The maximum Gasteiger partial charge on any atom is 0.113 e. The first kappa shape index (κ1) is 14.0. The van der Waals surface area contributed by atoms with Gasteiger partial charge in [-0.25, -0.2) is 4.98 Å². The number of hydrogen-bond acceptors (Lipinski definition) is 4. The summed E-state index contributed by atoms with van der Waals surface area (Å²) < 4.78 is 5.16. The molecule has 0 aromatic carbocycles. The molecule has 1 aliphatic rings. The van der Waals surface area contributed by atoms with E-state index in [4.69, 9.17) is 4.74 Å². The predicted molar refractivity (Wildman–Crippen MR) is 75.9 cm³/mol. The molecule has 1 aliphatic carbocycles. The van der Waals surface area contributed by atoms with Gasteiger partial charge in [0.25, 0.3) is 0 Å². The largest absolute Gasteiger partial charge is 0.383 e. The maximum absolute atomic E-state index is 5.16. The molecule has 1 saturated carbocycles. The van der Waals surface area contributed by atoms with E-state index in [9.17, 15) is 0 Å². The normalized spacial score (nSPS) is 21.9. The van der Waals surface area contributed by atoms with Crippen LogP contribution in [-0.2, 0) is 10.3 Å². The highest BCUT2D eigenvalue weighted by Gasteiger charge is 2.40. The highest BCUT2D eigenvalue weighted by Crippen LogP contribution is 2.45. The Labute approximate surface area is 114 Å². The number of hydrogen-bond donors (Lipinski definition) is 1. The topological polar surface area (TPSA) is 34.1 Å². The van der Waals surface area contributed by atoms with Crippen LogP contribution >= 0.6 is 11.3 Å². The molecule has 1 aromatic rings. The minimum Gasteiger partial charge on any atom is -0.383 e. The van der Waals surface area contributed by atoms with Gasteiger partial charge in [0.2, 0.25) is 0 Å². The SMILES string of the molecule is COCCNC1(c2nccs2)CCC(C)(C)CC1. The van der Waals surface area contributed by atoms with Crippen molar-refractivity contribution in [1.82, 2.24) is 10.3 Å². The predicted octanol–water partition coefficient (Wildman–Crippen LogP) is 3.17. The van der Waals surface area contributed by atoms with Crippen LogP contribution in [0.2, 0.25) is 0 Å². The second kappa shape index (κ2) is 5.68. The summed E-state index contributed by atoms with van der Waals surface area (Å²) in [6.07, 6.45) is 6.78. The van der Waals surface area contributed by atoms with Crippen LogP contribution in [0, 0.1) is 5.41 Å². The summed E-state index contributed by atoms with van der Waals surface area (Å²) in [6.45, 7) is 6.40. The number of rotatable bonds is 5. The monoisotopic (exact) mass is 268 g/mol. The minimum absolute atomic E-state index is 0.0855. The van der Waals surface area contributed by atoms with Gasteiger partial charge in [0.1, 0.15) is 5.01 Å². The van der Waals surface area contributed by atoms with E-state index in [0.717, 1.165) is 13.2 Å². The molecule has 0 spiro atoms. The van der Waals surface area contributed by atoms with Crippen LogP contribution in [0.3, 0.4) is 0 Å². The lowest BCUT2D eigenvalue weighted by atomic mass is 9.69. The van der Waals surface area contributed by atoms with Crippen molar-refractivity contribution in [1.29, 1.82) is 0 Å². The van der Waals surface area contributed by atoms with E-state index < -0.39 is 0 Å². The lowest BCUT2D eigenvalue weighted by Crippen LogP contribution is -2.47. The third-order valence-corrected chi connectivity index (χ3v) is 5.05. The van der Waals surface area contributed by atoms with Crippen LogP contribution in [0.25, 0.3) is 0 Å². The maximum atomic E-state index is 5.16. The fourth-order valence-electron chi connectivity index (χ4n) is 2.67. The highest BCUT2D eigenvalue weighted by atomic mass is 32.1. The molecule has 4 heteroatoms. The summed E-state index contributed by atoms with van der Waals surface area (Å²) in [7, 11) is 1.75. The lowest BCUT2D eigenvalue weighted by Gasteiger charge is -2.43. The van der Waals surface area contributed by atoms with Crippen molar-refractivity contribution >= 4 is 11.3 Å². The van der Waals surface area contributed by atoms with Gasteiger partial charge in [-0.05, 0) is 31.1 Å². The highest BCUT2D eigenvalue weighted by molar-refractivity contribution is 7.09. The van der Waals surface area contributed by atoms with Gasteiger partial charge < -0.3 is 10.1 Å². The Morgan fingerprint density at radius 3 is 2.61 bits per heavy atom. The van der Waals surface area contributed by atoms with Gasteiger partial charge in [-0.3, -0.25) is 0 Å². The van der Waals surface area contributed by atoms with Gasteiger partial charge in [-0.2, -0.15) is 0 Å². The van der Waals surface area contributed by atoms with Crippen molar-refractivity contribution in [3.8, 4) is 0 Å². The van der Waals surface area contributed by atoms with Crippen molar-refractivity contribution < 1.29 is 4.74 Å². The number of nitrogens with one attached hydrogen (secondary N) is 1. The van der Waals surface area contributed by atoms with Crippen LogP contribution in [0.4, 0.5) is 0 Å². The van der Waals surface area contributed by atoms with Crippen LogP contribution in [0.5, 0.6) is 0 Å². The fourth-order valence-corrected chi connectivity index (χ4v) is 3.55. The van der Waals surface area contributed by atoms with Crippen LogP contribution in [-0.4, -0.2) is 25.2 Å². The first-order valence-corrected chi connectivity index (χ1v) is 7.60. The third kappa shape index (κ3) is 3.11. The van der Waals surface area contributed by atoms with Gasteiger partial charge in [-0.1, -0.05) is 13.8 Å². The van der Waals surface area contributed by atoms with E-state index in [0.29, 0.717) is 5.41 Å². The molecule has 102 valence electrons. The third-order valence-electron chi connectivity index (χ3n) is 4.07. The molecular formula is C14H24N2OS. The first-order chi connectivity index (χ1) is 8.58. The molecule has 0 radical (unpaired) electrons. The molecule has 0 bridgehead atoms. The van der Waals surface area contributed by atoms with Gasteiger partial charge in [-0.15, -0.1) is 11.3 Å². The number of methoxy groups -OCH3 is 1. The molecule has 0 unspecified atom stereocenters. The molecule has 0 amide bonds. The Kier molecular flexibility index (Phi) is 4.41. The molecule has 0 atom stereocenters. The van der Waals surface area contributed by atoms with Crippen molar-refractivity contribution in [3.63, 3.8) is 0 Å². The zero-order chi connectivity index (χ0) is 13.1. The van der Waals surface area contributed by atoms with Gasteiger partial charge >= 0.3 is 0 Å². The van der Waals surface area contributed by atoms with Crippen molar-refractivity contribution in [2.45, 2.75) is 45.1 Å². The lowest BCUT2D eigenvalue weighted by molar-refractivity contribution is 0.119. The molecule has 0 saturated heterocycles. The Morgan fingerprint density at radius 1 is 1.33 bits per heavy atom. The molecule has 0 aliphatic heterocycles. The molecule has 18 heavy (non-hydrogen) atoms. The van der Waals surface area contributed by atoms with E-state index in [-0.39, 0.29) is 5.54 Å². The zero-order valence-electron chi connectivity index (χ0n) is 11.7. The average molecular weight is 268 g/mol. The number of ether oxygens (including phenoxy) is 1. The number of thiazole rings is 1. The smallest absolute Gasteiger partial charge is 0.113 e. The summed E-state index contributed by atoms with van der Waals surface area (Å²) in [4.78, 5) is 4.55.